The lowest BCUT2D eigenvalue weighted by Gasteiger charge is -2.18. The van der Waals surface area contributed by atoms with Gasteiger partial charge in [-0.05, 0) is 71.8 Å². The molecule has 1 aliphatic rings. The number of hydrogen-bond donors (Lipinski definition) is 3. The molecular weight excluding hydrogens is 542 g/mol. The Balaban J connectivity index is 1.45. The summed E-state index contributed by atoms with van der Waals surface area (Å²) in [5.41, 5.74) is 4.74. The number of carbonyl (C=O) groups excluding carboxylic acids is 1. The molecule has 1 atom stereocenters. The number of phenols is 1. The minimum Gasteiger partial charge on any atom is -0.508 e. The maximum Gasteiger partial charge on any atom is 0.407 e. The van der Waals surface area contributed by atoms with Crippen molar-refractivity contribution in [1.29, 1.82) is 0 Å². The number of nitrogens with one attached hydrogen (secondary N) is 1. The molecule has 0 bridgehead atoms. The van der Waals surface area contributed by atoms with Gasteiger partial charge < -0.3 is 20.3 Å². The normalized spacial score (nSPS) is 13.2. The van der Waals surface area contributed by atoms with Crippen molar-refractivity contribution in [3.05, 3.63) is 86.3 Å². The molecule has 1 aliphatic carbocycles. The number of aliphatic carboxylic acids is 1. The Morgan fingerprint density at radius 3 is 2.12 bits per heavy atom. The molecule has 4 rings (SSSR count). The van der Waals surface area contributed by atoms with Crippen LogP contribution in [0.3, 0.4) is 0 Å². The maximum atomic E-state index is 12.5. The van der Waals surface area contributed by atoms with Gasteiger partial charge in [0, 0.05) is 21.3 Å². The Morgan fingerprint density at radius 2 is 1.53 bits per heavy atom. The Morgan fingerprint density at radius 1 is 0.969 bits per heavy atom. The zero-order valence-electron chi connectivity index (χ0n) is 16.7. The molecule has 1 amide bonds. The SMILES string of the molecule is O=C(NC(Cc1cc(Br)c(Br)cc1O)C(=O)O)OCC1c2ccccc2-c2ccccc21. The van der Waals surface area contributed by atoms with Crippen LogP contribution in [0.1, 0.15) is 22.6 Å². The Hall–Kier alpha value is -2.84. The molecule has 6 nitrogen and oxygen atoms in total. The standard InChI is InChI=1S/C24H19Br2NO5/c25-19-9-13(22(28)11-20(19)26)10-21(23(29)30)27-24(31)32-12-18-16-7-3-1-5-14(16)15-6-2-4-8-17(15)18/h1-9,11,18,21,28H,10,12H2,(H,27,31)(H,29,30). The summed E-state index contributed by atoms with van der Waals surface area (Å²) in [5.74, 6) is -1.42. The summed E-state index contributed by atoms with van der Waals surface area (Å²) in [6.45, 7) is 0.0846. The lowest BCUT2D eigenvalue weighted by atomic mass is 9.98. The summed E-state index contributed by atoms with van der Waals surface area (Å²) in [7, 11) is 0. The van der Waals surface area contributed by atoms with E-state index in [1.54, 1.807) is 6.07 Å². The second kappa shape index (κ2) is 9.34. The Bertz CT molecular complexity index is 1150. The summed E-state index contributed by atoms with van der Waals surface area (Å²) in [6, 6.07) is 17.7. The summed E-state index contributed by atoms with van der Waals surface area (Å²) in [4.78, 5) is 24.2. The molecule has 0 spiro atoms. The van der Waals surface area contributed by atoms with Crippen molar-refractivity contribution < 1.29 is 24.5 Å². The maximum absolute atomic E-state index is 12.5. The molecule has 3 aromatic carbocycles. The molecule has 0 aliphatic heterocycles. The van der Waals surface area contributed by atoms with Crippen LogP contribution in [-0.4, -0.2) is 34.9 Å². The molecule has 32 heavy (non-hydrogen) atoms. The van der Waals surface area contributed by atoms with Crippen LogP contribution in [0.5, 0.6) is 5.75 Å². The van der Waals surface area contributed by atoms with E-state index in [0.717, 1.165) is 22.3 Å². The summed E-state index contributed by atoms with van der Waals surface area (Å²) in [5, 5.41) is 22.1. The van der Waals surface area contributed by atoms with Crippen molar-refractivity contribution in [2.75, 3.05) is 6.61 Å². The average molecular weight is 561 g/mol. The van der Waals surface area contributed by atoms with Gasteiger partial charge in [-0.15, -0.1) is 0 Å². The van der Waals surface area contributed by atoms with E-state index in [1.165, 1.54) is 6.07 Å². The van der Waals surface area contributed by atoms with Gasteiger partial charge in [0.15, 0.2) is 0 Å². The van der Waals surface area contributed by atoms with E-state index < -0.39 is 18.1 Å². The van der Waals surface area contributed by atoms with Crippen LogP contribution in [0.25, 0.3) is 11.1 Å². The van der Waals surface area contributed by atoms with E-state index in [2.05, 4.69) is 37.2 Å². The van der Waals surface area contributed by atoms with Gasteiger partial charge in [0.2, 0.25) is 0 Å². The number of alkyl carbamates (subject to hydrolysis) is 1. The van der Waals surface area contributed by atoms with Gasteiger partial charge in [-0.2, -0.15) is 0 Å². The minimum absolute atomic E-state index is 0.0688. The molecule has 3 N–H and O–H groups in total. The number of aromatic hydroxyl groups is 1. The molecule has 0 saturated heterocycles. The van der Waals surface area contributed by atoms with Crippen LogP contribution >= 0.6 is 31.9 Å². The molecule has 0 aromatic heterocycles. The highest BCUT2D eigenvalue weighted by Gasteiger charge is 2.30. The first-order valence-electron chi connectivity index (χ1n) is 9.86. The number of rotatable bonds is 6. The highest BCUT2D eigenvalue weighted by Crippen LogP contribution is 2.44. The van der Waals surface area contributed by atoms with E-state index in [0.29, 0.717) is 14.5 Å². The smallest absolute Gasteiger partial charge is 0.407 e. The number of ether oxygens (including phenoxy) is 1. The first-order chi connectivity index (χ1) is 15.3. The lowest BCUT2D eigenvalue weighted by Crippen LogP contribution is -2.42. The van der Waals surface area contributed by atoms with E-state index in [9.17, 15) is 19.8 Å². The molecule has 0 saturated carbocycles. The van der Waals surface area contributed by atoms with Gasteiger partial charge in [-0.1, -0.05) is 48.5 Å². The van der Waals surface area contributed by atoms with Crippen LogP contribution in [0.2, 0.25) is 0 Å². The summed E-state index contributed by atoms with van der Waals surface area (Å²) >= 11 is 6.61. The third-order valence-electron chi connectivity index (χ3n) is 5.48. The number of halogens is 2. The van der Waals surface area contributed by atoms with Crippen LogP contribution in [0.15, 0.2) is 69.6 Å². The molecule has 3 aromatic rings. The molecule has 164 valence electrons. The van der Waals surface area contributed by atoms with Crippen LogP contribution in [-0.2, 0) is 16.0 Å². The molecule has 8 heteroatoms. The van der Waals surface area contributed by atoms with Crippen molar-refractivity contribution in [3.63, 3.8) is 0 Å². The third kappa shape index (κ3) is 4.52. The fourth-order valence-electron chi connectivity index (χ4n) is 3.94. The molecule has 0 heterocycles. The predicted molar refractivity (Wildman–Crippen MR) is 127 cm³/mol. The molecule has 0 fully saturated rings. The zero-order chi connectivity index (χ0) is 22.8. The predicted octanol–water partition coefficient (Wildman–Crippen LogP) is 5.45. The Labute approximate surface area is 201 Å². The Kier molecular flexibility index (Phi) is 6.53. The van der Waals surface area contributed by atoms with Gasteiger partial charge in [-0.3, -0.25) is 0 Å². The second-order valence-corrected chi connectivity index (χ2v) is 9.17. The van der Waals surface area contributed by atoms with Gasteiger partial charge in [0.1, 0.15) is 18.4 Å². The summed E-state index contributed by atoms with van der Waals surface area (Å²) < 4.78 is 6.74. The highest BCUT2D eigenvalue weighted by atomic mass is 79.9. The molecule has 1 unspecified atom stereocenters. The third-order valence-corrected chi connectivity index (χ3v) is 7.32. The van der Waals surface area contributed by atoms with Crippen LogP contribution < -0.4 is 5.32 Å². The lowest BCUT2D eigenvalue weighted by molar-refractivity contribution is -0.139. The van der Waals surface area contributed by atoms with Gasteiger partial charge in [0.25, 0.3) is 0 Å². The number of hydrogen-bond acceptors (Lipinski definition) is 4. The number of carbonyl (C=O) groups is 2. The molecule has 0 radical (unpaired) electrons. The minimum atomic E-state index is -1.26. The van der Waals surface area contributed by atoms with Crippen molar-refractivity contribution >= 4 is 43.9 Å². The van der Waals surface area contributed by atoms with Crippen molar-refractivity contribution in [3.8, 4) is 16.9 Å². The fourth-order valence-corrected chi connectivity index (χ4v) is 4.67. The first-order valence-corrected chi connectivity index (χ1v) is 11.4. The summed E-state index contributed by atoms with van der Waals surface area (Å²) in [6.07, 6.45) is -0.924. The van der Waals surface area contributed by atoms with E-state index in [-0.39, 0.29) is 24.7 Å². The van der Waals surface area contributed by atoms with Crippen LogP contribution in [0, 0.1) is 0 Å². The largest absolute Gasteiger partial charge is 0.508 e. The number of amides is 1. The topological polar surface area (TPSA) is 95.9 Å². The number of fused-ring (bicyclic) bond motifs is 3. The van der Waals surface area contributed by atoms with Crippen molar-refractivity contribution in [2.45, 2.75) is 18.4 Å². The highest BCUT2D eigenvalue weighted by molar-refractivity contribution is 9.13. The van der Waals surface area contributed by atoms with Crippen LogP contribution in [0.4, 0.5) is 4.79 Å². The average Bonchev–Trinajstić information content (AvgIpc) is 3.09. The quantitative estimate of drug-likeness (QED) is 0.372. The van der Waals surface area contributed by atoms with E-state index in [4.69, 9.17) is 4.74 Å². The van der Waals surface area contributed by atoms with E-state index >= 15 is 0 Å². The fraction of sp³-hybridized carbons (Fsp3) is 0.167. The number of carboxylic acid groups (broad SMARTS) is 1. The van der Waals surface area contributed by atoms with Gasteiger partial charge >= 0.3 is 12.1 Å². The number of benzene rings is 3. The van der Waals surface area contributed by atoms with Gasteiger partial charge in [-0.25, -0.2) is 9.59 Å². The van der Waals surface area contributed by atoms with Crippen molar-refractivity contribution in [1.82, 2.24) is 5.32 Å². The first kappa shape index (κ1) is 22.4. The van der Waals surface area contributed by atoms with E-state index in [1.807, 2.05) is 48.5 Å². The monoisotopic (exact) mass is 559 g/mol. The number of phenolic OH excluding ortho intramolecular Hbond substituents is 1. The van der Waals surface area contributed by atoms with Crippen molar-refractivity contribution in [2.24, 2.45) is 0 Å². The number of carboxylic acids is 1. The second-order valence-electron chi connectivity index (χ2n) is 7.46. The molecular formula is C24H19Br2NO5. The van der Waals surface area contributed by atoms with Gasteiger partial charge in [0.05, 0.1) is 0 Å². The zero-order valence-corrected chi connectivity index (χ0v) is 19.9.